The summed E-state index contributed by atoms with van der Waals surface area (Å²) in [6.07, 6.45) is 0.439. The molecule has 0 aliphatic carbocycles. The Hall–Kier alpha value is -2.15. The molecule has 0 radical (unpaired) electrons. The van der Waals surface area contributed by atoms with Crippen molar-refractivity contribution in [3.05, 3.63) is 29.6 Å². The lowest BCUT2D eigenvalue weighted by Crippen LogP contribution is -2.50. The average Bonchev–Trinajstić information content (AvgIpc) is 2.39. The van der Waals surface area contributed by atoms with Crippen LogP contribution < -0.4 is 11.1 Å². The zero-order valence-corrected chi connectivity index (χ0v) is 10.7. The first-order chi connectivity index (χ1) is 9.46. The third kappa shape index (κ3) is 2.57. The van der Waals surface area contributed by atoms with Crippen LogP contribution in [-0.4, -0.2) is 35.7 Å². The largest absolute Gasteiger partial charge is 0.480 e. The van der Waals surface area contributed by atoms with E-state index in [1.807, 2.05) is 0 Å². The smallest absolute Gasteiger partial charge is 0.329 e. The van der Waals surface area contributed by atoms with Gasteiger partial charge in [0.15, 0.2) is 0 Å². The summed E-state index contributed by atoms with van der Waals surface area (Å²) in [5.41, 5.74) is 3.62. The predicted molar refractivity (Wildman–Crippen MR) is 69.0 cm³/mol. The first-order valence-corrected chi connectivity index (χ1v) is 6.14. The van der Waals surface area contributed by atoms with Gasteiger partial charge in [0.2, 0.25) is 0 Å². The number of anilines is 1. The second-order valence-electron chi connectivity index (χ2n) is 4.65. The van der Waals surface area contributed by atoms with E-state index >= 15 is 0 Å². The van der Waals surface area contributed by atoms with Gasteiger partial charge in [0.25, 0.3) is 5.91 Å². The van der Waals surface area contributed by atoms with Crippen LogP contribution in [0.4, 0.5) is 10.1 Å². The molecule has 7 heteroatoms. The van der Waals surface area contributed by atoms with Crippen molar-refractivity contribution in [2.24, 2.45) is 5.73 Å². The molecule has 1 fully saturated rings. The number of rotatable bonds is 4. The van der Waals surface area contributed by atoms with Crippen molar-refractivity contribution in [2.75, 3.05) is 18.5 Å². The maximum Gasteiger partial charge on any atom is 0.329 e. The van der Waals surface area contributed by atoms with Gasteiger partial charge in [-0.3, -0.25) is 4.79 Å². The molecule has 0 bridgehead atoms. The summed E-state index contributed by atoms with van der Waals surface area (Å²) in [6.45, 7) is 0.557. The van der Waals surface area contributed by atoms with Crippen LogP contribution in [0.5, 0.6) is 0 Å². The number of aliphatic carboxylic acids is 1. The Balaban J connectivity index is 2.39. The van der Waals surface area contributed by atoms with Gasteiger partial charge >= 0.3 is 5.97 Å². The number of amides is 1. The van der Waals surface area contributed by atoms with Gasteiger partial charge in [-0.05, 0) is 12.1 Å². The number of halogens is 1. The molecule has 0 unspecified atom stereocenters. The van der Waals surface area contributed by atoms with Gasteiger partial charge in [-0.2, -0.15) is 0 Å². The maximum atomic E-state index is 13.7. The molecule has 108 valence electrons. The van der Waals surface area contributed by atoms with Gasteiger partial charge in [0.05, 0.1) is 11.3 Å². The van der Waals surface area contributed by atoms with E-state index in [1.165, 1.54) is 12.1 Å². The fourth-order valence-corrected chi connectivity index (χ4v) is 2.25. The predicted octanol–water partition coefficient (Wildman–Crippen LogP) is 0.970. The van der Waals surface area contributed by atoms with Crippen LogP contribution in [0.15, 0.2) is 18.2 Å². The molecule has 4 N–H and O–H groups in total. The summed E-state index contributed by atoms with van der Waals surface area (Å²) >= 11 is 0. The Kier molecular flexibility index (Phi) is 3.89. The number of carboxylic acid groups (broad SMARTS) is 1. The SMILES string of the molecule is NC(=O)c1c(F)cccc1NC1(C(=O)O)CCOCC1. The molecule has 1 aromatic rings. The van der Waals surface area contributed by atoms with Crippen LogP contribution in [-0.2, 0) is 9.53 Å². The van der Waals surface area contributed by atoms with E-state index in [4.69, 9.17) is 10.5 Å². The highest BCUT2D eigenvalue weighted by Gasteiger charge is 2.41. The van der Waals surface area contributed by atoms with E-state index in [0.717, 1.165) is 6.07 Å². The second kappa shape index (κ2) is 5.46. The third-order valence-corrected chi connectivity index (χ3v) is 3.39. The fraction of sp³-hybridized carbons (Fsp3) is 0.385. The molecular formula is C13H15FN2O4. The van der Waals surface area contributed by atoms with Crippen LogP contribution in [0.25, 0.3) is 0 Å². The van der Waals surface area contributed by atoms with E-state index in [0.29, 0.717) is 0 Å². The van der Waals surface area contributed by atoms with Crippen molar-refractivity contribution in [3.63, 3.8) is 0 Å². The Labute approximate surface area is 114 Å². The van der Waals surface area contributed by atoms with Crippen molar-refractivity contribution in [1.29, 1.82) is 0 Å². The lowest BCUT2D eigenvalue weighted by atomic mass is 9.89. The van der Waals surface area contributed by atoms with E-state index < -0.39 is 23.2 Å². The van der Waals surface area contributed by atoms with Crippen molar-refractivity contribution in [3.8, 4) is 0 Å². The van der Waals surface area contributed by atoms with Gasteiger partial charge in [0, 0.05) is 26.1 Å². The standard InChI is InChI=1S/C13H15FN2O4/c14-8-2-1-3-9(10(8)11(15)17)16-13(12(18)19)4-6-20-7-5-13/h1-3,16H,4-7H2,(H2,15,17)(H,18,19). The van der Waals surface area contributed by atoms with Crippen molar-refractivity contribution in [1.82, 2.24) is 0 Å². The van der Waals surface area contributed by atoms with Gasteiger partial charge < -0.3 is 20.9 Å². The molecule has 0 atom stereocenters. The zero-order valence-electron chi connectivity index (χ0n) is 10.7. The number of carbonyl (C=O) groups is 2. The Morgan fingerprint density at radius 2 is 2.00 bits per heavy atom. The summed E-state index contributed by atoms with van der Waals surface area (Å²) < 4.78 is 18.8. The van der Waals surface area contributed by atoms with Crippen LogP contribution >= 0.6 is 0 Å². The van der Waals surface area contributed by atoms with Crippen molar-refractivity contribution < 1.29 is 23.8 Å². The van der Waals surface area contributed by atoms with Gasteiger partial charge in [-0.25, -0.2) is 9.18 Å². The minimum absolute atomic E-state index is 0.0850. The Morgan fingerprint density at radius 3 is 2.55 bits per heavy atom. The van der Waals surface area contributed by atoms with E-state index in [9.17, 15) is 19.1 Å². The molecule has 1 saturated heterocycles. The van der Waals surface area contributed by atoms with Crippen LogP contribution in [0.1, 0.15) is 23.2 Å². The number of nitrogens with one attached hydrogen (secondary N) is 1. The van der Waals surface area contributed by atoms with Gasteiger partial charge in [-0.1, -0.05) is 6.07 Å². The van der Waals surface area contributed by atoms with E-state index in [-0.39, 0.29) is 37.3 Å². The van der Waals surface area contributed by atoms with Gasteiger partial charge in [-0.15, -0.1) is 0 Å². The molecule has 0 aromatic heterocycles. The molecule has 6 nitrogen and oxygen atoms in total. The maximum absolute atomic E-state index is 13.7. The monoisotopic (exact) mass is 282 g/mol. The number of primary amides is 1. The number of carbonyl (C=O) groups excluding carboxylic acids is 1. The molecule has 2 rings (SSSR count). The first-order valence-electron chi connectivity index (χ1n) is 6.14. The minimum atomic E-state index is -1.28. The second-order valence-corrected chi connectivity index (χ2v) is 4.65. The number of ether oxygens (including phenoxy) is 1. The topological polar surface area (TPSA) is 102 Å². The number of benzene rings is 1. The van der Waals surface area contributed by atoms with Crippen LogP contribution in [0.2, 0.25) is 0 Å². The summed E-state index contributed by atoms with van der Waals surface area (Å²) in [7, 11) is 0. The normalized spacial score (nSPS) is 17.4. The highest BCUT2D eigenvalue weighted by Crippen LogP contribution is 2.29. The molecule has 0 saturated carbocycles. The molecule has 1 aromatic carbocycles. The molecule has 0 spiro atoms. The molecule has 1 aliphatic rings. The molecule has 20 heavy (non-hydrogen) atoms. The highest BCUT2D eigenvalue weighted by atomic mass is 19.1. The van der Waals surface area contributed by atoms with Gasteiger partial charge in [0.1, 0.15) is 11.4 Å². The molecular weight excluding hydrogens is 267 g/mol. The molecule has 1 aliphatic heterocycles. The molecule has 1 heterocycles. The summed E-state index contributed by atoms with van der Waals surface area (Å²) in [5, 5.41) is 12.2. The first kappa shape index (κ1) is 14.3. The zero-order chi connectivity index (χ0) is 14.8. The average molecular weight is 282 g/mol. The van der Waals surface area contributed by atoms with Crippen molar-refractivity contribution in [2.45, 2.75) is 18.4 Å². The van der Waals surface area contributed by atoms with E-state index in [2.05, 4.69) is 5.32 Å². The summed E-state index contributed by atoms with van der Waals surface area (Å²) in [5.74, 6) is -2.80. The van der Waals surface area contributed by atoms with Crippen LogP contribution in [0.3, 0.4) is 0 Å². The highest BCUT2D eigenvalue weighted by molar-refractivity contribution is 5.99. The van der Waals surface area contributed by atoms with Crippen molar-refractivity contribution >= 4 is 17.6 Å². The molecule has 1 amide bonds. The summed E-state index contributed by atoms with van der Waals surface area (Å²) in [4.78, 5) is 22.8. The number of hydrogen-bond acceptors (Lipinski definition) is 4. The summed E-state index contributed by atoms with van der Waals surface area (Å²) in [6, 6.07) is 3.92. The van der Waals surface area contributed by atoms with E-state index in [1.54, 1.807) is 0 Å². The lowest BCUT2D eigenvalue weighted by molar-refractivity contribution is -0.145. The fourth-order valence-electron chi connectivity index (χ4n) is 2.25. The number of hydrogen-bond donors (Lipinski definition) is 3. The lowest BCUT2D eigenvalue weighted by Gasteiger charge is -2.35. The van der Waals surface area contributed by atoms with Crippen LogP contribution in [0, 0.1) is 5.82 Å². The quantitative estimate of drug-likeness (QED) is 0.763. The Morgan fingerprint density at radius 1 is 1.35 bits per heavy atom. The minimum Gasteiger partial charge on any atom is -0.480 e. The number of carboxylic acids is 1. The third-order valence-electron chi connectivity index (χ3n) is 3.39. The Bertz CT molecular complexity index is 541. The number of nitrogens with two attached hydrogens (primary N) is 1.